The number of ether oxygens (including phenoxy) is 3. The van der Waals surface area contributed by atoms with Crippen LogP contribution in [0, 0.1) is 0 Å². The summed E-state index contributed by atoms with van der Waals surface area (Å²) in [4.78, 5) is 0. The first kappa shape index (κ1) is 14.3. The van der Waals surface area contributed by atoms with Gasteiger partial charge in [-0.2, -0.15) is 0 Å². The van der Waals surface area contributed by atoms with Crippen molar-refractivity contribution >= 4 is 0 Å². The summed E-state index contributed by atoms with van der Waals surface area (Å²) in [5.41, 5.74) is 1.20. The highest BCUT2D eigenvalue weighted by Gasteiger charge is 2.22. The molecule has 3 atom stereocenters. The Bertz CT molecular complexity index is 372. The highest BCUT2D eigenvalue weighted by molar-refractivity contribution is 5.13. The van der Waals surface area contributed by atoms with Crippen LogP contribution in [0.15, 0.2) is 42.5 Å². The summed E-state index contributed by atoms with van der Waals surface area (Å²) in [5.74, 6) is 0. The van der Waals surface area contributed by atoms with Gasteiger partial charge in [-0.05, 0) is 5.56 Å². The maximum absolute atomic E-state index is 6.01. The van der Waals surface area contributed by atoms with Gasteiger partial charge in [0, 0.05) is 27.1 Å². The monoisotopic (exact) mass is 262 g/mol. The van der Waals surface area contributed by atoms with E-state index in [1.807, 2.05) is 18.2 Å². The topological polar surface area (TPSA) is 27.7 Å². The van der Waals surface area contributed by atoms with E-state index in [1.54, 1.807) is 14.2 Å². The lowest BCUT2D eigenvalue weighted by Gasteiger charge is -2.21. The van der Waals surface area contributed by atoms with Gasteiger partial charge >= 0.3 is 0 Å². The van der Waals surface area contributed by atoms with E-state index < -0.39 is 0 Å². The standard InChI is InChI=1S/C16H22O3/c1-17-14-8-9-15(18-2)11-16(10-14)19-12-13-6-4-3-5-7-13/h3-9,14-16H,10-12H2,1-2H3/t14-,15+,16?. The third kappa shape index (κ3) is 4.46. The van der Waals surface area contributed by atoms with E-state index in [0.717, 1.165) is 12.8 Å². The van der Waals surface area contributed by atoms with Gasteiger partial charge in [0.05, 0.1) is 24.9 Å². The maximum Gasteiger partial charge on any atom is 0.0777 e. The Labute approximate surface area is 115 Å². The average molecular weight is 262 g/mol. The van der Waals surface area contributed by atoms with E-state index >= 15 is 0 Å². The summed E-state index contributed by atoms with van der Waals surface area (Å²) < 4.78 is 16.9. The lowest BCUT2D eigenvalue weighted by atomic mass is 10.1. The van der Waals surface area contributed by atoms with Gasteiger partial charge in [0.25, 0.3) is 0 Å². The van der Waals surface area contributed by atoms with Crippen LogP contribution in [0.5, 0.6) is 0 Å². The Morgan fingerprint density at radius 3 is 2.05 bits per heavy atom. The lowest BCUT2D eigenvalue weighted by molar-refractivity contribution is -0.0175. The zero-order valence-corrected chi connectivity index (χ0v) is 11.6. The fourth-order valence-electron chi connectivity index (χ4n) is 2.29. The molecular weight excluding hydrogens is 240 g/mol. The van der Waals surface area contributed by atoms with E-state index in [9.17, 15) is 0 Å². The van der Waals surface area contributed by atoms with Gasteiger partial charge in [-0.25, -0.2) is 0 Å². The molecular formula is C16H22O3. The van der Waals surface area contributed by atoms with Crippen LogP contribution in [0.3, 0.4) is 0 Å². The summed E-state index contributed by atoms with van der Waals surface area (Å²) in [7, 11) is 3.47. The zero-order valence-electron chi connectivity index (χ0n) is 11.6. The van der Waals surface area contributed by atoms with Crippen molar-refractivity contribution in [2.24, 2.45) is 0 Å². The average Bonchev–Trinajstić information content (AvgIpc) is 2.68. The Hall–Kier alpha value is -1.16. The van der Waals surface area contributed by atoms with Crippen molar-refractivity contribution in [3.8, 4) is 0 Å². The second-order valence-corrected chi connectivity index (χ2v) is 4.82. The molecule has 0 radical (unpaired) electrons. The Morgan fingerprint density at radius 1 is 0.947 bits per heavy atom. The molecule has 1 aliphatic carbocycles. The summed E-state index contributed by atoms with van der Waals surface area (Å²) in [6.45, 7) is 0.637. The number of benzene rings is 1. The molecule has 1 aliphatic rings. The van der Waals surface area contributed by atoms with Crippen LogP contribution in [-0.4, -0.2) is 32.5 Å². The molecule has 0 heterocycles. The van der Waals surface area contributed by atoms with Gasteiger partial charge in [0.1, 0.15) is 0 Å². The second-order valence-electron chi connectivity index (χ2n) is 4.82. The van der Waals surface area contributed by atoms with Gasteiger partial charge in [-0.15, -0.1) is 0 Å². The number of hydrogen-bond donors (Lipinski definition) is 0. The quantitative estimate of drug-likeness (QED) is 0.764. The molecule has 0 amide bonds. The van der Waals surface area contributed by atoms with E-state index in [1.165, 1.54) is 5.56 Å². The molecule has 0 saturated heterocycles. The molecule has 19 heavy (non-hydrogen) atoms. The van der Waals surface area contributed by atoms with Crippen molar-refractivity contribution in [3.05, 3.63) is 48.0 Å². The molecule has 0 spiro atoms. The smallest absolute Gasteiger partial charge is 0.0777 e. The molecule has 104 valence electrons. The van der Waals surface area contributed by atoms with E-state index in [-0.39, 0.29) is 18.3 Å². The molecule has 0 bridgehead atoms. The van der Waals surface area contributed by atoms with Crippen molar-refractivity contribution in [1.29, 1.82) is 0 Å². The van der Waals surface area contributed by atoms with Crippen molar-refractivity contribution in [2.75, 3.05) is 14.2 Å². The van der Waals surface area contributed by atoms with Crippen LogP contribution >= 0.6 is 0 Å². The van der Waals surface area contributed by atoms with Crippen molar-refractivity contribution in [3.63, 3.8) is 0 Å². The van der Waals surface area contributed by atoms with Crippen molar-refractivity contribution in [2.45, 2.75) is 37.8 Å². The van der Waals surface area contributed by atoms with Crippen LogP contribution in [0.4, 0.5) is 0 Å². The summed E-state index contributed by atoms with van der Waals surface area (Å²) in [6, 6.07) is 10.2. The van der Waals surface area contributed by atoms with Gasteiger partial charge in [0.15, 0.2) is 0 Å². The summed E-state index contributed by atoms with van der Waals surface area (Å²) in [5, 5.41) is 0. The van der Waals surface area contributed by atoms with E-state index in [0.29, 0.717) is 6.61 Å². The van der Waals surface area contributed by atoms with E-state index in [4.69, 9.17) is 14.2 Å². The third-order valence-corrected chi connectivity index (χ3v) is 3.46. The SMILES string of the molecule is CO[C@@H]1C=C[C@H](OC)CC(OCc2ccccc2)C1. The summed E-state index contributed by atoms with van der Waals surface area (Å²) in [6.07, 6.45) is 6.27. The van der Waals surface area contributed by atoms with Crippen molar-refractivity contribution < 1.29 is 14.2 Å². The van der Waals surface area contributed by atoms with Crippen LogP contribution in [0.2, 0.25) is 0 Å². The molecule has 0 fully saturated rings. The molecule has 0 saturated carbocycles. The Morgan fingerprint density at radius 2 is 1.53 bits per heavy atom. The molecule has 2 rings (SSSR count). The van der Waals surface area contributed by atoms with Crippen LogP contribution in [0.25, 0.3) is 0 Å². The third-order valence-electron chi connectivity index (χ3n) is 3.46. The van der Waals surface area contributed by atoms with Gasteiger partial charge < -0.3 is 14.2 Å². The first-order valence-electron chi connectivity index (χ1n) is 6.71. The van der Waals surface area contributed by atoms with Gasteiger partial charge in [0.2, 0.25) is 0 Å². The predicted octanol–water partition coefficient (Wildman–Crippen LogP) is 2.95. The minimum atomic E-state index is 0.112. The second kappa shape index (κ2) is 7.43. The molecule has 0 aliphatic heterocycles. The molecule has 3 nitrogen and oxygen atoms in total. The predicted molar refractivity (Wildman–Crippen MR) is 75.0 cm³/mol. The largest absolute Gasteiger partial charge is 0.377 e. The first-order valence-corrected chi connectivity index (χ1v) is 6.71. The maximum atomic E-state index is 6.01. The minimum Gasteiger partial charge on any atom is -0.377 e. The molecule has 1 aromatic carbocycles. The normalized spacial score (nSPS) is 27.2. The summed E-state index contributed by atoms with van der Waals surface area (Å²) >= 11 is 0. The molecule has 1 unspecified atom stereocenters. The van der Waals surface area contributed by atoms with Crippen LogP contribution < -0.4 is 0 Å². The molecule has 0 aromatic heterocycles. The van der Waals surface area contributed by atoms with Gasteiger partial charge in [-0.3, -0.25) is 0 Å². The zero-order chi connectivity index (χ0) is 13.5. The van der Waals surface area contributed by atoms with Crippen LogP contribution in [-0.2, 0) is 20.8 Å². The van der Waals surface area contributed by atoms with Gasteiger partial charge in [-0.1, -0.05) is 42.5 Å². The number of methoxy groups -OCH3 is 2. The number of hydrogen-bond acceptors (Lipinski definition) is 3. The van der Waals surface area contributed by atoms with Crippen LogP contribution in [0.1, 0.15) is 18.4 Å². The van der Waals surface area contributed by atoms with E-state index in [2.05, 4.69) is 24.3 Å². The molecule has 1 aromatic rings. The molecule has 0 N–H and O–H groups in total. The minimum absolute atomic E-state index is 0.112. The Balaban J connectivity index is 1.91. The lowest BCUT2D eigenvalue weighted by Crippen LogP contribution is -2.23. The highest BCUT2D eigenvalue weighted by atomic mass is 16.5. The Kier molecular flexibility index (Phi) is 5.58. The highest BCUT2D eigenvalue weighted by Crippen LogP contribution is 2.20. The fourth-order valence-corrected chi connectivity index (χ4v) is 2.29. The first-order chi connectivity index (χ1) is 9.31. The number of rotatable bonds is 5. The fraction of sp³-hybridized carbons (Fsp3) is 0.500. The molecule has 3 heteroatoms. The van der Waals surface area contributed by atoms with Crippen molar-refractivity contribution in [1.82, 2.24) is 0 Å².